The Morgan fingerprint density at radius 2 is 1.82 bits per heavy atom. The molecule has 0 fully saturated rings. The molecule has 4 rings (SSSR count). The maximum atomic E-state index is 13.6. The number of thiazole rings is 1. The van der Waals surface area contributed by atoms with Crippen molar-refractivity contribution >= 4 is 55.0 Å². The third-order valence-corrected chi connectivity index (χ3v) is 5.88. The van der Waals surface area contributed by atoms with Crippen molar-refractivity contribution in [1.82, 2.24) is 9.88 Å². The molecule has 1 heterocycles. The number of amides is 1. The topological polar surface area (TPSA) is 36.4 Å². The van der Waals surface area contributed by atoms with Gasteiger partial charge in [-0.05, 0) is 49.1 Å². The summed E-state index contributed by atoms with van der Waals surface area (Å²) in [6.07, 6.45) is 0. The van der Waals surface area contributed by atoms with E-state index < -0.39 is 0 Å². The van der Waals surface area contributed by atoms with E-state index in [0.29, 0.717) is 22.3 Å². The largest absolute Gasteiger partial charge is 0.308 e. The minimum Gasteiger partial charge on any atom is -0.308 e. The molecule has 0 aliphatic heterocycles. The van der Waals surface area contributed by atoms with Gasteiger partial charge in [0.05, 0.1) is 10.2 Å². The minimum absolute atomic E-state index is 0.0381. The first-order valence-corrected chi connectivity index (χ1v) is 10.2. The number of anilines is 1. The lowest BCUT2D eigenvalue weighted by Crippen LogP contribution is -2.36. The lowest BCUT2D eigenvalue weighted by atomic mass is 10.0. The van der Waals surface area contributed by atoms with E-state index in [9.17, 15) is 4.79 Å². The van der Waals surface area contributed by atoms with E-state index in [-0.39, 0.29) is 5.91 Å². The van der Waals surface area contributed by atoms with Crippen LogP contribution in [0, 0.1) is 0 Å². The van der Waals surface area contributed by atoms with Gasteiger partial charge in [-0.3, -0.25) is 9.69 Å². The summed E-state index contributed by atoms with van der Waals surface area (Å²) >= 11 is 7.62. The van der Waals surface area contributed by atoms with Gasteiger partial charge in [0.1, 0.15) is 0 Å². The smallest absolute Gasteiger partial charge is 0.260 e. The standard InChI is InChI=1S/C22H20ClN3OS/c1-25(2)12-13-26(22-24-19-11-10-16(23)14-20(19)28-22)21(27)18-9-5-7-15-6-3-4-8-17(15)18/h3-11,14H,12-13H2,1-2H3. The predicted octanol–water partition coefficient (Wildman–Crippen LogP) is 5.31. The molecule has 0 atom stereocenters. The van der Waals surface area contributed by atoms with E-state index in [4.69, 9.17) is 16.6 Å². The van der Waals surface area contributed by atoms with Crippen LogP contribution in [0.5, 0.6) is 0 Å². The molecule has 0 saturated carbocycles. The second kappa shape index (κ2) is 7.87. The maximum absolute atomic E-state index is 13.6. The van der Waals surface area contributed by atoms with Gasteiger partial charge in [0.25, 0.3) is 5.91 Å². The summed E-state index contributed by atoms with van der Waals surface area (Å²) in [6, 6.07) is 19.4. The number of benzene rings is 3. The van der Waals surface area contributed by atoms with E-state index in [0.717, 1.165) is 27.5 Å². The first-order chi connectivity index (χ1) is 13.5. The molecule has 4 aromatic rings. The molecule has 28 heavy (non-hydrogen) atoms. The zero-order valence-corrected chi connectivity index (χ0v) is 17.3. The molecule has 0 radical (unpaired) electrons. The van der Waals surface area contributed by atoms with Crippen LogP contribution in [-0.2, 0) is 0 Å². The zero-order valence-electron chi connectivity index (χ0n) is 15.7. The lowest BCUT2D eigenvalue weighted by molar-refractivity contribution is 0.0987. The van der Waals surface area contributed by atoms with E-state index in [1.165, 1.54) is 11.3 Å². The van der Waals surface area contributed by atoms with Crippen molar-refractivity contribution in [2.24, 2.45) is 0 Å². The maximum Gasteiger partial charge on any atom is 0.260 e. The Labute approximate surface area is 173 Å². The average molecular weight is 410 g/mol. The highest BCUT2D eigenvalue weighted by atomic mass is 35.5. The van der Waals surface area contributed by atoms with E-state index in [2.05, 4.69) is 4.90 Å². The normalized spacial score (nSPS) is 11.4. The monoisotopic (exact) mass is 409 g/mol. The van der Waals surface area contributed by atoms with Crippen molar-refractivity contribution in [3.05, 3.63) is 71.2 Å². The lowest BCUT2D eigenvalue weighted by Gasteiger charge is -2.22. The molecular weight excluding hydrogens is 390 g/mol. The highest BCUT2D eigenvalue weighted by Crippen LogP contribution is 2.32. The summed E-state index contributed by atoms with van der Waals surface area (Å²) in [5, 5.41) is 3.37. The van der Waals surface area contributed by atoms with Crippen molar-refractivity contribution in [2.45, 2.75) is 0 Å². The van der Waals surface area contributed by atoms with Gasteiger partial charge in [0, 0.05) is 23.7 Å². The first kappa shape index (κ1) is 18.9. The molecule has 3 aromatic carbocycles. The van der Waals surface area contributed by atoms with Gasteiger partial charge >= 0.3 is 0 Å². The molecular formula is C22H20ClN3OS. The van der Waals surface area contributed by atoms with E-state index in [1.54, 1.807) is 4.90 Å². The number of carbonyl (C=O) groups excluding carboxylic acids is 1. The highest BCUT2D eigenvalue weighted by Gasteiger charge is 2.23. The van der Waals surface area contributed by atoms with Crippen LogP contribution in [0.15, 0.2) is 60.7 Å². The molecule has 4 nitrogen and oxygen atoms in total. The predicted molar refractivity (Wildman–Crippen MR) is 119 cm³/mol. The van der Waals surface area contributed by atoms with Crippen LogP contribution in [0.2, 0.25) is 5.02 Å². The zero-order chi connectivity index (χ0) is 19.7. The fourth-order valence-electron chi connectivity index (χ4n) is 3.14. The summed E-state index contributed by atoms with van der Waals surface area (Å²) in [7, 11) is 4.00. The van der Waals surface area contributed by atoms with Crippen LogP contribution in [-0.4, -0.2) is 43.0 Å². The number of aromatic nitrogens is 1. The Balaban J connectivity index is 1.79. The minimum atomic E-state index is -0.0381. The van der Waals surface area contributed by atoms with Gasteiger partial charge < -0.3 is 4.90 Å². The fraction of sp³-hybridized carbons (Fsp3) is 0.182. The number of hydrogen-bond donors (Lipinski definition) is 0. The van der Waals surface area contributed by atoms with Gasteiger partial charge in [0.2, 0.25) is 0 Å². The fourth-order valence-corrected chi connectivity index (χ4v) is 4.41. The van der Waals surface area contributed by atoms with Crippen molar-refractivity contribution in [2.75, 3.05) is 32.1 Å². The van der Waals surface area contributed by atoms with Crippen molar-refractivity contribution in [3.8, 4) is 0 Å². The van der Waals surface area contributed by atoms with Crippen LogP contribution in [0.3, 0.4) is 0 Å². The first-order valence-electron chi connectivity index (χ1n) is 9.03. The molecule has 0 N–H and O–H groups in total. The Kier molecular flexibility index (Phi) is 5.31. The van der Waals surface area contributed by atoms with Crippen molar-refractivity contribution in [3.63, 3.8) is 0 Å². The molecule has 6 heteroatoms. The van der Waals surface area contributed by atoms with Crippen LogP contribution >= 0.6 is 22.9 Å². The summed E-state index contributed by atoms with van der Waals surface area (Å²) in [5.41, 5.74) is 1.54. The SMILES string of the molecule is CN(C)CCN(C(=O)c1cccc2ccccc12)c1nc2ccc(Cl)cc2s1. The molecule has 1 amide bonds. The third kappa shape index (κ3) is 3.74. The summed E-state index contributed by atoms with van der Waals surface area (Å²) in [5.74, 6) is -0.0381. The van der Waals surface area contributed by atoms with Crippen LogP contribution in [0.25, 0.3) is 21.0 Å². The number of fused-ring (bicyclic) bond motifs is 2. The molecule has 0 unspecified atom stereocenters. The third-order valence-electron chi connectivity index (χ3n) is 4.61. The molecule has 0 bridgehead atoms. The van der Waals surface area contributed by atoms with Gasteiger partial charge in [-0.1, -0.05) is 59.3 Å². The Morgan fingerprint density at radius 1 is 1.04 bits per heavy atom. The number of likely N-dealkylation sites (N-methyl/N-ethyl adjacent to an activating group) is 1. The molecule has 142 valence electrons. The average Bonchev–Trinajstić information content (AvgIpc) is 3.10. The van der Waals surface area contributed by atoms with Crippen LogP contribution in [0.1, 0.15) is 10.4 Å². The molecule has 0 aliphatic rings. The second-order valence-electron chi connectivity index (χ2n) is 6.90. The molecule has 1 aromatic heterocycles. The van der Waals surface area contributed by atoms with Crippen LogP contribution < -0.4 is 4.90 Å². The summed E-state index contributed by atoms with van der Waals surface area (Å²) in [4.78, 5) is 22.1. The van der Waals surface area contributed by atoms with E-state index in [1.807, 2.05) is 74.8 Å². The number of halogens is 1. The molecule has 0 spiro atoms. The van der Waals surface area contributed by atoms with Gasteiger partial charge in [-0.25, -0.2) is 4.98 Å². The number of hydrogen-bond acceptors (Lipinski definition) is 4. The van der Waals surface area contributed by atoms with Crippen LogP contribution in [0.4, 0.5) is 5.13 Å². The number of carbonyl (C=O) groups is 1. The van der Waals surface area contributed by atoms with Gasteiger partial charge in [-0.2, -0.15) is 0 Å². The Morgan fingerprint density at radius 3 is 2.64 bits per heavy atom. The van der Waals surface area contributed by atoms with Crippen molar-refractivity contribution < 1.29 is 4.79 Å². The number of rotatable bonds is 5. The summed E-state index contributed by atoms with van der Waals surface area (Å²) in [6.45, 7) is 1.30. The van der Waals surface area contributed by atoms with Gasteiger partial charge in [-0.15, -0.1) is 0 Å². The Hall–Kier alpha value is -2.47. The second-order valence-corrected chi connectivity index (χ2v) is 8.34. The molecule has 0 aliphatic carbocycles. The quantitative estimate of drug-likeness (QED) is 0.448. The Bertz CT molecular complexity index is 1150. The van der Waals surface area contributed by atoms with Crippen molar-refractivity contribution in [1.29, 1.82) is 0 Å². The number of nitrogens with zero attached hydrogens (tertiary/aromatic N) is 3. The highest BCUT2D eigenvalue weighted by molar-refractivity contribution is 7.22. The van der Waals surface area contributed by atoms with Gasteiger partial charge in [0.15, 0.2) is 5.13 Å². The summed E-state index contributed by atoms with van der Waals surface area (Å²) < 4.78 is 0.975. The molecule has 0 saturated heterocycles. The van der Waals surface area contributed by atoms with E-state index >= 15 is 0 Å².